The third-order valence-electron chi connectivity index (χ3n) is 1.60. The number of allylic oxidation sites excluding steroid dienone is 1. The molecule has 0 spiro atoms. The number of carbonyl (C=O) groups excluding carboxylic acids is 1. The molecule has 0 aliphatic heterocycles. The highest BCUT2D eigenvalue weighted by Gasteiger charge is 2.04. The van der Waals surface area contributed by atoms with E-state index in [1.54, 1.807) is 17.8 Å². The lowest BCUT2D eigenvalue weighted by Crippen LogP contribution is -2.01. The first-order chi connectivity index (χ1) is 5.59. The van der Waals surface area contributed by atoms with E-state index in [-0.39, 0.29) is 5.78 Å². The SMILES string of the molecule is C=C(C)C(=O)Cc1cnn(C)c1. The molecule has 0 saturated heterocycles. The number of aryl methyl sites for hydroxylation is 1. The van der Waals surface area contributed by atoms with E-state index in [4.69, 9.17) is 0 Å². The summed E-state index contributed by atoms with van der Waals surface area (Å²) < 4.78 is 1.68. The van der Waals surface area contributed by atoms with E-state index in [1.807, 2.05) is 13.2 Å². The third kappa shape index (κ3) is 2.05. The smallest absolute Gasteiger partial charge is 0.162 e. The van der Waals surface area contributed by atoms with Gasteiger partial charge in [-0.15, -0.1) is 0 Å². The summed E-state index contributed by atoms with van der Waals surface area (Å²) in [5.74, 6) is 0.0722. The Labute approximate surface area is 71.7 Å². The molecule has 1 heterocycles. The number of rotatable bonds is 3. The van der Waals surface area contributed by atoms with E-state index in [2.05, 4.69) is 11.7 Å². The number of nitrogens with zero attached hydrogens (tertiary/aromatic N) is 2. The van der Waals surface area contributed by atoms with Crippen LogP contribution in [0.3, 0.4) is 0 Å². The molecule has 0 radical (unpaired) electrons. The van der Waals surface area contributed by atoms with Gasteiger partial charge in [0.25, 0.3) is 0 Å². The van der Waals surface area contributed by atoms with Crippen molar-refractivity contribution in [1.29, 1.82) is 0 Å². The molecule has 0 aliphatic carbocycles. The second-order valence-electron chi connectivity index (χ2n) is 2.90. The summed E-state index contributed by atoms with van der Waals surface area (Å²) in [5, 5.41) is 3.96. The molecule has 0 unspecified atom stereocenters. The van der Waals surface area contributed by atoms with Crippen LogP contribution in [0, 0.1) is 0 Å². The molecular formula is C9H12N2O. The predicted octanol–water partition coefficient (Wildman–Crippen LogP) is 1.11. The van der Waals surface area contributed by atoms with Gasteiger partial charge in [-0.1, -0.05) is 6.58 Å². The Morgan fingerprint density at radius 3 is 2.83 bits per heavy atom. The fourth-order valence-electron chi connectivity index (χ4n) is 0.899. The van der Waals surface area contributed by atoms with Crippen LogP contribution in [0.25, 0.3) is 0 Å². The zero-order valence-electron chi connectivity index (χ0n) is 7.37. The van der Waals surface area contributed by atoms with Crippen LogP contribution >= 0.6 is 0 Å². The van der Waals surface area contributed by atoms with Crippen LogP contribution < -0.4 is 0 Å². The highest BCUT2D eigenvalue weighted by Crippen LogP contribution is 2.02. The monoisotopic (exact) mass is 164 g/mol. The fraction of sp³-hybridized carbons (Fsp3) is 0.333. The average Bonchev–Trinajstić information content (AvgIpc) is 2.35. The number of hydrogen-bond donors (Lipinski definition) is 0. The van der Waals surface area contributed by atoms with Crippen molar-refractivity contribution in [2.45, 2.75) is 13.3 Å². The van der Waals surface area contributed by atoms with E-state index < -0.39 is 0 Å². The van der Waals surface area contributed by atoms with Gasteiger partial charge in [0.2, 0.25) is 0 Å². The number of Topliss-reactive ketones (excluding diaryl/α,β-unsaturated/α-hetero) is 1. The van der Waals surface area contributed by atoms with Gasteiger partial charge in [-0.3, -0.25) is 9.48 Å². The Bertz CT molecular complexity index is 312. The van der Waals surface area contributed by atoms with Crippen LogP contribution in [-0.2, 0) is 18.3 Å². The molecule has 0 aliphatic rings. The summed E-state index contributed by atoms with van der Waals surface area (Å²) in [5.41, 5.74) is 1.53. The maximum atomic E-state index is 11.2. The molecule has 0 atom stereocenters. The minimum absolute atomic E-state index is 0.0722. The predicted molar refractivity (Wildman–Crippen MR) is 46.7 cm³/mol. The molecule has 12 heavy (non-hydrogen) atoms. The van der Waals surface area contributed by atoms with Crippen LogP contribution in [0.2, 0.25) is 0 Å². The Hall–Kier alpha value is -1.38. The lowest BCUT2D eigenvalue weighted by atomic mass is 10.1. The molecule has 1 rings (SSSR count). The molecule has 0 aromatic carbocycles. The molecule has 0 amide bonds. The lowest BCUT2D eigenvalue weighted by Gasteiger charge is -1.94. The van der Waals surface area contributed by atoms with Gasteiger partial charge in [0.1, 0.15) is 0 Å². The minimum Gasteiger partial charge on any atom is -0.294 e. The molecule has 0 bridgehead atoms. The summed E-state index contributed by atoms with van der Waals surface area (Å²) in [6, 6.07) is 0. The topological polar surface area (TPSA) is 34.9 Å². The maximum absolute atomic E-state index is 11.2. The van der Waals surface area contributed by atoms with Crippen molar-refractivity contribution in [2.24, 2.45) is 7.05 Å². The van der Waals surface area contributed by atoms with E-state index in [1.165, 1.54) is 0 Å². The van der Waals surface area contributed by atoms with Gasteiger partial charge in [0.05, 0.1) is 6.20 Å². The Morgan fingerprint density at radius 1 is 1.75 bits per heavy atom. The standard InChI is InChI=1S/C9H12N2O/c1-7(2)9(12)4-8-5-10-11(3)6-8/h5-6H,1,4H2,2-3H3. The molecule has 64 valence electrons. The van der Waals surface area contributed by atoms with Crippen molar-refractivity contribution in [1.82, 2.24) is 9.78 Å². The van der Waals surface area contributed by atoms with E-state index in [0.29, 0.717) is 12.0 Å². The molecule has 0 saturated carbocycles. The van der Waals surface area contributed by atoms with Crippen LogP contribution in [0.15, 0.2) is 24.5 Å². The highest BCUT2D eigenvalue weighted by molar-refractivity contribution is 5.95. The molecule has 1 aromatic heterocycles. The first kappa shape index (κ1) is 8.71. The normalized spacial score (nSPS) is 9.83. The van der Waals surface area contributed by atoms with Crippen LogP contribution in [0.4, 0.5) is 0 Å². The van der Waals surface area contributed by atoms with E-state index in [0.717, 1.165) is 5.56 Å². The van der Waals surface area contributed by atoms with Crippen molar-refractivity contribution in [2.75, 3.05) is 0 Å². The largest absolute Gasteiger partial charge is 0.294 e. The molecule has 0 fully saturated rings. The molecule has 0 N–H and O–H groups in total. The third-order valence-corrected chi connectivity index (χ3v) is 1.60. The van der Waals surface area contributed by atoms with Gasteiger partial charge in [0.15, 0.2) is 5.78 Å². The number of ketones is 1. The molecular weight excluding hydrogens is 152 g/mol. The summed E-state index contributed by atoms with van der Waals surface area (Å²) in [6.07, 6.45) is 3.94. The van der Waals surface area contributed by atoms with E-state index >= 15 is 0 Å². The zero-order chi connectivity index (χ0) is 9.14. The van der Waals surface area contributed by atoms with Crippen molar-refractivity contribution in [3.05, 3.63) is 30.1 Å². The lowest BCUT2D eigenvalue weighted by molar-refractivity contribution is -0.114. The summed E-state index contributed by atoms with van der Waals surface area (Å²) in [6.45, 7) is 5.30. The second kappa shape index (κ2) is 3.34. The first-order valence-corrected chi connectivity index (χ1v) is 3.76. The van der Waals surface area contributed by atoms with Crippen LogP contribution in [-0.4, -0.2) is 15.6 Å². The summed E-state index contributed by atoms with van der Waals surface area (Å²) >= 11 is 0. The van der Waals surface area contributed by atoms with Gasteiger partial charge in [-0.05, 0) is 18.1 Å². The van der Waals surface area contributed by atoms with Crippen molar-refractivity contribution in [3.8, 4) is 0 Å². The number of hydrogen-bond acceptors (Lipinski definition) is 2. The Kier molecular flexibility index (Phi) is 2.43. The minimum atomic E-state index is 0.0722. The highest BCUT2D eigenvalue weighted by atomic mass is 16.1. The second-order valence-corrected chi connectivity index (χ2v) is 2.90. The van der Waals surface area contributed by atoms with Crippen LogP contribution in [0.1, 0.15) is 12.5 Å². The van der Waals surface area contributed by atoms with Crippen molar-refractivity contribution >= 4 is 5.78 Å². The molecule has 3 heteroatoms. The van der Waals surface area contributed by atoms with Gasteiger partial charge in [-0.2, -0.15) is 5.10 Å². The average molecular weight is 164 g/mol. The summed E-state index contributed by atoms with van der Waals surface area (Å²) in [4.78, 5) is 11.2. The van der Waals surface area contributed by atoms with Gasteiger partial charge < -0.3 is 0 Å². The van der Waals surface area contributed by atoms with Gasteiger partial charge in [0, 0.05) is 19.7 Å². The van der Waals surface area contributed by atoms with Crippen molar-refractivity contribution < 1.29 is 4.79 Å². The number of aromatic nitrogens is 2. The number of carbonyl (C=O) groups is 1. The molecule has 1 aromatic rings. The van der Waals surface area contributed by atoms with Gasteiger partial charge >= 0.3 is 0 Å². The maximum Gasteiger partial charge on any atom is 0.162 e. The fourth-order valence-corrected chi connectivity index (χ4v) is 0.899. The Balaban J connectivity index is 2.64. The molecule has 3 nitrogen and oxygen atoms in total. The zero-order valence-corrected chi connectivity index (χ0v) is 7.37. The quantitative estimate of drug-likeness (QED) is 0.627. The van der Waals surface area contributed by atoms with E-state index in [9.17, 15) is 4.79 Å². The first-order valence-electron chi connectivity index (χ1n) is 3.76. The summed E-state index contributed by atoms with van der Waals surface area (Å²) in [7, 11) is 1.83. The van der Waals surface area contributed by atoms with Crippen LogP contribution in [0.5, 0.6) is 0 Å². The Morgan fingerprint density at radius 2 is 2.42 bits per heavy atom. The van der Waals surface area contributed by atoms with Gasteiger partial charge in [-0.25, -0.2) is 0 Å². The van der Waals surface area contributed by atoms with Crippen molar-refractivity contribution in [3.63, 3.8) is 0 Å².